The van der Waals surface area contributed by atoms with Crippen molar-refractivity contribution in [2.24, 2.45) is 5.92 Å². The molecule has 168 valence electrons. The van der Waals surface area contributed by atoms with Crippen LogP contribution in [0.4, 0.5) is 5.69 Å². The third kappa shape index (κ3) is 4.92. The Morgan fingerprint density at radius 1 is 1.00 bits per heavy atom. The fourth-order valence-corrected chi connectivity index (χ4v) is 4.92. The van der Waals surface area contributed by atoms with E-state index in [4.69, 9.17) is 4.74 Å². The summed E-state index contributed by atoms with van der Waals surface area (Å²) in [6.07, 6.45) is 5.93. The number of benzene rings is 1. The zero-order chi connectivity index (χ0) is 21.8. The average molecular weight is 428 g/mol. The van der Waals surface area contributed by atoms with Gasteiger partial charge in [-0.15, -0.1) is 0 Å². The highest BCUT2D eigenvalue weighted by Gasteiger charge is 2.43. The van der Waals surface area contributed by atoms with Gasteiger partial charge in [0.2, 0.25) is 11.8 Å². The van der Waals surface area contributed by atoms with Crippen molar-refractivity contribution in [3.63, 3.8) is 0 Å². The van der Waals surface area contributed by atoms with Gasteiger partial charge in [-0.2, -0.15) is 0 Å². The summed E-state index contributed by atoms with van der Waals surface area (Å²) >= 11 is 0. The Labute approximate surface area is 184 Å². The van der Waals surface area contributed by atoms with E-state index < -0.39 is 0 Å². The highest BCUT2D eigenvalue weighted by atomic mass is 16.5. The minimum atomic E-state index is -0.357. The van der Waals surface area contributed by atoms with Crippen LogP contribution in [0.3, 0.4) is 0 Å². The number of carbonyl (C=O) groups excluding carboxylic acids is 3. The van der Waals surface area contributed by atoms with Gasteiger partial charge in [0.05, 0.1) is 24.8 Å². The second-order valence-electron chi connectivity index (χ2n) is 8.88. The van der Waals surface area contributed by atoms with E-state index in [0.717, 1.165) is 64.0 Å². The Morgan fingerprint density at radius 3 is 2.39 bits per heavy atom. The maximum Gasteiger partial charge on any atom is 0.251 e. The molecule has 0 aromatic heterocycles. The number of piperidine rings is 1. The van der Waals surface area contributed by atoms with E-state index >= 15 is 0 Å². The van der Waals surface area contributed by atoms with Crippen LogP contribution < -0.4 is 9.64 Å². The summed E-state index contributed by atoms with van der Waals surface area (Å²) in [6, 6.07) is 6.85. The maximum atomic E-state index is 13.1. The van der Waals surface area contributed by atoms with Crippen molar-refractivity contribution >= 4 is 23.4 Å². The van der Waals surface area contributed by atoms with Gasteiger partial charge < -0.3 is 9.64 Å². The van der Waals surface area contributed by atoms with Gasteiger partial charge in [0, 0.05) is 19.5 Å². The van der Waals surface area contributed by atoms with Crippen molar-refractivity contribution in [2.45, 2.75) is 57.9 Å². The van der Waals surface area contributed by atoms with Crippen molar-refractivity contribution < 1.29 is 19.1 Å². The van der Waals surface area contributed by atoms with Crippen molar-refractivity contribution in [1.29, 1.82) is 0 Å². The topological polar surface area (TPSA) is 70.2 Å². The first-order chi connectivity index (χ1) is 15.1. The molecule has 1 aromatic carbocycles. The number of amides is 3. The number of hydrogen-bond acceptors (Lipinski definition) is 5. The lowest BCUT2D eigenvalue weighted by Gasteiger charge is -2.35. The third-order valence-corrected chi connectivity index (χ3v) is 6.76. The molecule has 0 spiro atoms. The molecular weight excluding hydrogens is 394 g/mol. The Kier molecular flexibility index (Phi) is 6.90. The van der Waals surface area contributed by atoms with Crippen LogP contribution in [0.25, 0.3) is 0 Å². The molecule has 4 rings (SSSR count). The van der Waals surface area contributed by atoms with Crippen LogP contribution in [0.15, 0.2) is 24.3 Å². The largest absolute Gasteiger partial charge is 0.494 e. The lowest BCUT2D eigenvalue weighted by molar-refractivity contribution is -0.128. The first kappa shape index (κ1) is 21.8. The van der Waals surface area contributed by atoms with E-state index in [1.54, 1.807) is 12.1 Å². The highest BCUT2D eigenvalue weighted by molar-refractivity contribution is 6.22. The lowest BCUT2D eigenvalue weighted by Crippen LogP contribution is -2.46. The van der Waals surface area contributed by atoms with Crippen LogP contribution in [-0.2, 0) is 14.4 Å². The van der Waals surface area contributed by atoms with Gasteiger partial charge in [-0.3, -0.25) is 19.3 Å². The zero-order valence-electron chi connectivity index (χ0n) is 18.4. The Hall–Kier alpha value is -2.41. The predicted octanol–water partition coefficient (Wildman–Crippen LogP) is 2.83. The van der Waals surface area contributed by atoms with Gasteiger partial charge in [-0.1, -0.05) is 6.92 Å². The molecule has 0 unspecified atom stereocenters. The van der Waals surface area contributed by atoms with Crippen LogP contribution in [0, 0.1) is 5.92 Å². The summed E-state index contributed by atoms with van der Waals surface area (Å²) in [5.74, 6) is 1.38. The number of imide groups is 1. The molecule has 0 N–H and O–H groups in total. The summed E-state index contributed by atoms with van der Waals surface area (Å²) in [7, 11) is 0. The van der Waals surface area contributed by atoms with E-state index in [1.807, 2.05) is 24.0 Å². The molecule has 7 heteroatoms. The molecule has 0 radical (unpaired) electrons. The lowest BCUT2D eigenvalue weighted by atomic mass is 9.92. The SMILES string of the molecule is CCCOc1ccc(N2C(=O)C[C@H](N3CCC(CCN4CCCC4=O)CC3)C2=O)cc1. The Morgan fingerprint density at radius 2 is 1.74 bits per heavy atom. The third-order valence-electron chi connectivity index (χ3n) is 6.76. The van der Waals surface area contributed by atoms with Gasteiger partial charge in [-0.05, 0) is 75.4 Å². The molecule has 0 saturated carbocycles. The minimum Gasteiger partial charge on any atom is -0.494 e. The van der Waals surface area contributed by atoms with Crippen LogP contribution >= 0.6 is 0 Å². The van der Waals surface area contributed by atoms with Crippen LogP contribution in [0.5, 0.6) is 5.75 Å². The molecule has 3 aliphatic heterocycles. The quantitative estimate of drug-likeness (QED) is 0.597. The van der Waals surface area contributed by atoms with Crippen LogP contribution in [-0.4, -0.2) is 66.3 Å². The number of likely N-dealkylation sites (tertiary alicyclic amines) is 2. The molecule has 3 heterocycles. The predicted molar refractivity (Wildman–Crippen MR) is 118 cm³/mol. The van der Waals surface area contributed by atoms with E-state index in [2.05, 4.69) is 4.90 Å². The maximum absolute atomic E-state index is 13.1. The molecular formula is C24H33N3O4. The summed E-state index contributed by atoms with van der Waals surface area (Å²) in [6.45, 7) is 6.12. The molecule has 3 amide bonds. The Balaban J connectivity index is 1.29. The number of nitrogens with zero attached hydrogens (tertiary/aromatic N) is 3. The summed E-state index contributed by atoms with van der Waals surface area (Å²) in [5, 5.41) is 0. The monoisotopic (exact) mass is 427 g/mol. The van der Waals surface area contributed by atoms with Gasteiger partial charge in [0.25, 0.3) is 5.91 Å². The molecule has 0 aliphatic carbocycles. The van der Waals surface area contributed by atoms with E-state index in [0.29, 0.717) is 24.6 Å². The Bertz CT molecular complexity index is 802. The minimum absolute atomic E-state index is 0.117. The molecule has 3 fully saturated rings. The molecule has 1 aromatic rings. The fraction of sp³-hybridized carbons (Fsp3) is 0.625. The fourth-order valence-electron chi connectivity index (χ4n) is 4.92. The van der Waals surface area contributed by atoms with Crippen molar-refractivity contribution in [2.75, 3.05) is 37.7 Å². The van der Waals surface area contributed by atoms with Crippen molar-refractivity contribution in [3.05, 3.63) is 24.3 Å². The zero-order valence-corrected chi connectivity index (χ0v) is 18.4. The van der Waals surface area contributed by atoms with Crippen molar-refractivity contribution in [3.8, 4) is 5.75 Å². The average Bonchev–Trinajstić information content (AvgIpc) is 3.33. The van der Waals surface area contributed by atoms with Crippen LogP contribution in [0.1, 0.15) is 51.9 Å². The molecule has 1 atom stereocenters. The first-order valence-corrected chi connectivity index (χ1v) is 11.7. The van der Waals surface area contributed by atoms with E-state index in [1.165, 1.54) is 4.90 Å². The summed E-state index contributed by atoms with van der Waals surface area (Å²) in [4.78, 5) is 43.0. The number of carbonyl (C=O) groups is 3. The number of hydrogen-bond donors (Lipinski definition) is 0. The first-order valence-electron chi connectivity index (χ1n) is 11.7. The molecule has 3 aliphatic rings. The summed E-state index contributed by atoms with van der Waals surface area (Å²) in [5.41, 5.74) is 0.617. The molecule has 31 heavy (non-hydrogen) atoms. The molecule has 7 nitrogen and oxygen atoms in total. The van der Waals surface area contributed by atoms with Crippen LogP contribution in [0.2, 0.25) is 0 Å². The highest BCUT2D eigenvalue weighted by Crippen LogP contribution is 2.30. The standard InChI is InChI=1S/C24H33N3O4/c1-2-16-31-20-7-5-19(6-8-20)27-23(29)17-21(24(27)30)25-13-9-18(10-14-25)11-15-26-12-3-4-22(26)28/h5-8,18,21H,2-4,9-17H2,1H3/t21-/m0/s1. The van der Waals surface area contributed by atoms with Gasteiger partial charge in [0.1, 0.15) is 5.75 Å². The van der Waals surface area contributed by atoms with Crippen molar-refractivity contribution in [1.82, 2.24) is 9.80 Å². The van der Waals surface area contributed by atoms with Gasteiger partial charge in [0.15, 0.2) is 0 Å². The van der Waals surface area contributed by atoms with Gasteiger partial charge in [-0.25, -0.2) is 4.90 Å². The summed E-state index contributed by atoms with van der Waals surface area (Å²) < 4.78 is 5.59. The molecule has 0 bridgehead atoms. The smallest absolute Gasteiger partial charge is 0.251 e. The number of ether oxygens (including phenoxy) is 1. The van der Waals surface area contributed by atoms with E-state index in [9.17, 15) is 14.4 Å². The normalized spacial score (nSPS) is 23.3. The second kappa shape index (κ2) is 9.81. The number of rotatable bonds is 8. The van der Waals surface area contributed by atoms with Gasteiger partial charge >= 0.3 is 0 Å². The second-order valence-corrected chi connectivity index (χ2v) is 8.88. The molecule has 3 saturated heterocycles. The number of anilines is 1. The van der Waals surface area contributed by atoms with E-state index in [-0.39, 0.29) is 30.2 Å².